The number of nitrogens with zero attached hydrogens (tertiary/aromatic N) is 2. The minimum absolute atomic E-state index is 0.0380. The summed E-state index contributed by atoms with van der Waals surface area (Å²) < 4.78 is 38.2. The van der Waals surface area contributed by atoms with Crippen molar-refractivity contribution in [3.63, 3.8) is 0 Å². The maximum atomic E-state index is 12.7. The largest absolute Gasteiger partial charge is 0.433 e. The van der Waals surface area contributed by atoms with E-state index in [1.165, 1.54) is 7.05 Å². The standard InChI is InChI=1S/C12H17F3N4/c1-11(2,7-4-5-7)19-9-6-8(12(13,14)15)17-10(16-3)18-9/h6-7H,4-5H2,1-3H3,(H2,16,17,18,19). The van der Waals surface area contributed by atoms with Crippen molar-refractivity contribution in [3.8, 4) is 0 Å². The van der Waals surface area contributed by atoms with E-state index in [0.717, 1.165) is 18.9 Å². The Morgan fingerprint density at radius 2 is 1.84 bits per heavy atom. The molecule has 1 fully saturated rings. The van der Waals surface area contributed by atoms with Crippen molar-refractivity contribution in [3.05, 3.63) is 11.8 Å². The molecule has 0 aromatic carbocycles. The van der Waals surface area contributed by atoms with Gasteiger partial charge in [0.2, 0.25) is 5.95 Å². The van der Waals surface area contributed by atoms with Gasteiger partial charge in [-0.2, -0.15) is 18.2 Å². The van der Waals surface area contributed by atoms with Gasteiger partial charge in [-0.25, -0.2) is 4.98 Å². The Morgan fingerprint density at radius 3 is 2.32 bits per heavy atom. The van der Waals surface area contributed by atoms with E-state index in [2.05, 4.69) is 20.6 Å². The molecule has 0 spiro atoms. The predicted molar refractivity (Wildman–Crippen MR) is 67.0 cm³/mol. The Balaban J connectivity index is 2.29. The zero-order valence-electron chi connectivity index (χ0n) is 11.1. The Hall–Kier alpha value is -1.53. The first-order valence-corrected chi connectivity index (χ1v) is 6.14. The van der Waals surface area contributed by atoms with Gasteiger partial charge in [-0.15, -0.1) is 0 Å². The van der Waals surface area contributed by atoms with E-state index in [-0.39, 0.29) is 17.3 Å². The molecule has 0 saturated heterocycles. The van der Waals surface area contributed by atoms with Crippen molar-refractivity contribution >= 4 is 11.8 Å². The SMILES string of the molecule is CNc1nc(NC(C)(C)C2CC2)cc(C(F)(F)F)n1. The number of rotatable bonds is 4. The van der Waals surface area contributed by atoms with Crippen LogP contribution in [0.1, 0.15) is 32.4 Å². The number of halogens is 3. The van der Waals surface area contributed by atoms with Gasteiger partial charge in [0, 0.05) is 18.7 Å². The average molecular weight is 274 g/mol. The maximum Gasteiger partial charge on any atom is 0.433 e. The Bertz CT molecular complexity index is 467. The molecular formula is C12H17F3N4. The second kappa shape index (κ2) is 4.54. The van der Waals surface area contributed by atoms with Gasteiger partial charge in [-0.1, -0.05) is 0 Å². The van der Waals surface area contributed by atoms with Crippen molar-refractivity contribution in [1.82, 2.24) is 9.97 Å². The first-order valence-electron chi connectivity index (χ1n) is 6.14. The van der Waals surface area contributed by atoms with Crippen LogP contribution >= 0.6 is 0 Å². The van der Waals surface area contributed by atoms with Crippen LogP contribution in [0.4, 0.5) is 24.9 Å². The molecule has 19 heavy (non-hydrogen) atoms. The molecule has 0 aliphatic heterocycles. The molecule has 1 aromatic rings. The van der Waals surface area contributed by atoms with Gasteiger partial charge >= 0.3 is 6.18 Å². The van der Waals surface area contributed by atoms with Crippen LogP contribution in [-0.2, 0) is 6.18 Å². The van der Waals surface area contributed by atoms with Crippen molar-refractivity contribution in [2.24, 2.45) is 5.92 Å². The molecule has 4 nitrogen and oxygen atoms in total. The predicted octanol–water partition coefficient (Wildman–Crippen LogP) is 3.14. The lowest BCUT2D eigenvalue weighted by atomic mass is 9.99. The number of anilines is 2. The number of hydrogen-bond acceptors (Lipinski definition) is 4. The first kappa shape index (κ1) is 13.9. The molecular weight excluding hydrogens is 257 g/mol. The van der Waals surface area contributed by atoms with Crippen LogP contribution in [0.2, 0.25) is 0 Å². The molecule has 1 aliphatic carbocycles. The summed E-state index contributed by atoms with van der Waals surface area (Å²) in [6.45, 7) is 3.94. The number of nitrogens with one attached hydrogen (secondary N) is 2. The summed E-state index contributed by atoms with van der Waals surface area (Å²) in [6, 6.07) is 0.949. The van der Waals surface area contributed by atoms with Crippen LogP contribution in [0.15, 0.2) is 6.07 Å². The summed E-state index contributed by atoms with van der Waals surface area (Å²) >= 11 is 0. The fourth-order valence-electron chi connectivity index (χ4n) is 2.01. The van der Waals surface area contributed by atoms with Crippen LogP contribution in [0.5, 0.6) is 0 Å². The molecule has 7 heteroatoms. The van der Waals surface area contributed by atoms with Crippen LogP contribution in [0.25, 0.3) is 0 Å². The van der Waals surface area contributed by atoms with E-state index in [4.69, 9.17) is 0 Å². The van der Waals surface area contributed by atoms with E-state index in [1.54, 1.807) is 0 Å². The van der Waals surface area contributed by atoms with E-state index in [0.29, 0.717) is 5.92 Å². The molecule has 106 valence electrons. The number of hydrogen-bond donors (Lipinski definition) is 2. The highest BCUT2D eigenvalue weighted by molar-refractivity contribution is 5.45. The topological polar surface area (TPSA) is 49.8 Å². The maximum absolute atomic E-state index is 12.7. The van der Waals surface area contributed by atoms with Crippen LogP contribution < -0.4 is 10.6 Å². The van der Waals surface area contributed by atoms with Crippen molar-refractivity contribution in [2.45, 2.75) is 38.4 Å². The monoisotopic (exact) mass is 274 g/mol. The zero-order valence-corrected chi connectivity index (χ0v) is 11.1. The molecule has 2 rings (SSSR count). The van der Waals surface area contributed by atoms with E-state index in [9.17, 15) is 13.2 Å². The molecule has 1 saturated carbocycles. The van der Waals surface area contributed by atoms with E-state index < -0.39 is 11.9 Å². The third-order valence-electron chi connectivity index (χ3n) is 3.29. The minimum atomic E-state index is -4.48. The third kappa shape index (κ3) is 3.27. The van der Waals surface area contributed by atoms with Crippen molar-refractivity contribution in [2.75, 3.05) is 17.7 Å². The second-order valence-corrected chi connectivity index (χ2v) is 5.33. The summed E-state index contributed by atoms with van der Waals surface area (Å²) in [4.78, 5) is 7.45. The molecule has 1 aliphatic rings. The summed E-state index contributed by atoms with van der Waals surface area (Å²) in [5.41, 5.74) is -1.21. The van der Waals surface area contributed by atoms with E-state index >= 15 is 0 Å². The van der Waals surface area contributed by atoms with Crippen LogP contribution in [0, 0.1) is 5.92 Å². The molecule has 0 bridgehead atoms. The van der Waals surface area contributed by atoms with Gasteiger partial charge in [-0.3, -0.25) is 0 Å². The van der Waals surface area contributed by atoms with Gasteiger partial charge in [-0.05, 0) is 32.6 Å². The Labute approximate surface area is 109 Å². The quantitative estimate of drug-likeness (QED) is 0.885. The summed E-state index contributed by atoms with van der Waals surface area (Å²) in [6.07, 6.45) is -2.29. The highest BCUT2D eigenvalue weighted by atomic mass is 19.4. The van der Waals surface area contributed by atoms with Gasteiger partial charge < -0.3 is 10.6 Å². The van der Waals surface area contributed by atoms with Gasteiger partial charge in [0.25, 0.3) is 0 Å². The lowest BCUT2D eigenvalue weighted by Crippen LogP contribution is -2.34. The number of alkyl halides is 3. The van der Waals surface area contributed by atoms with Crippen LogP contribution in [0.3, 0.4) is 0 Å². The first-order chi connectivity index (χ1) is 8.72. The fourth-order valence-corrected chi connectivity index (χ4v) is 2.01. The average Bonchev–Trinajstić information content (AvgIpc) is 3.10. The van der Waals surface area contributed by atoms with Crippen molar-refractivity contribution < 1.29 is 13.2 Å². The van der Waals surface area contributed by atoms with Crippen molar-refractivity contribution in [1.29, 1.82) is 0 Å². The Morgan fingerprint density at radius 1 is 1.21 bits per heavy atom. The molecule has 0 amide bonds. The van der Waals surface area contributed by atoms with Gasteiger partial charge in [0.15, 0.2) is 5.69 Å². The minimum Gasteiger partial charge on any atom is -0.365 e. The highest BCUT2D eigenvalue weighted by Crippen LogP contribution is 2.41. The molecule has 1 aromatic heterocycles. The summed E-state index contributed by atoms with van der Waals surface area (Å²) in [5.74, 6) is 0.641. The fraction of sp³-hybridized carbons (Fsp3) is 0.667. The van der Waals surface area contributed by atoms with Gasteiger partial charge in [0.1, 0.15) is 5.82 Å². The third-order valence-corrected chi connectivity index (χ3v) is 3.29. The molecule has 0 unspecified atom stereocenters. The molecule has 1 heterocycles. The lowest BCUT2D eigenvalue weighted by Gasteiger charge is -2.27. The summed E-state index contributed by atoms with van der Waals surface area (Å²) in [7, 11) is 1.49. The molecule has 0 atom stereocenters. The van der Waals surface area contributed by atoms with E-state index in [1.807, 2.05) is 13.8 Å². The van der Waals surface area contributed by atoms with Crippen LogP contribution in [-0.4, -0.2) is 22.6 Å². The lowest BCUT2D eigenvalue weighted by molar-refractivity contribution is -0.141. The smallest absolute Gasteiger partial charge is 0.365 e. The molecule has 0 radical (unpaired) electrons. The van der Waals surface area contributed by atoms with Gasteiger partial charge in [0.05, 0.1) is 0 Å². The highest BCUT2D eigenvalue weighted by Gasteiger charge is 2.39. The Kier molecular flexibility index (Phi) is 3.32. The number of aromatic nitrogens is 2. The molecule has 2 N–H and O–H groups in total. The normalized spacial score (nSPS) is 16.3. The second-order valence-electron chi connectivity index (χ2n) is 5.33. The zero-order chi connectivity index (χ0) is 14.3. The summed E-state index contributed by atoms with van der Waals surface area (Å²) in [5, 5.41) is 5.62.